The van der Waals surface area contributed by atoms with Crippen LogP contribution in [0.3, 0.4) is 0 Å². The normalized spacial score (nSPS) is 20.6. The van der Waals surface area contributed by atoms with Gasteiger partial charge in [-0.3, -0.25) is 0 Å². The minimum absolute atomic E-state index is 0.573. The highest BCUT2D eigenvalue weighted by atomic mass is 35.5. The standard InChI is InChI=1S/C14H18ClN/c1-2-3-11-4-6-12(7-5-11)13-8-9-14(15)16-10-13/h6,8-11H,2-5,7H2,1H3. The Kier molecular flexibility index (Phi) is 4.00. The van der Waals surface area contributed by atoms with Gasteiger partial charge in [0.2, 0.25) is 0 Å². The van der Waals surface area contributed by atoms with Gasteiger partial charge in [-0.25, -0.2) is 4.98 Å². The van der Waals surface area contributed by atoms with Crippen molar-refractivity contribution in [1.29, 1.82) is 0 Å². The average molecular weight is 236 g/mol. The Labute approximate surface area is 103 Å². The van der Waals surface area contributed by atoms with E-state index in [0.29, 0.717) is 5.15 Å². The van der Waals surface area contributed by atoms with Gasteiger partial charge >= 0.3 is 0 Å². The Balaban J connectivity index is 2.04. The molecule has 0 N–H and O–H groups in total. The van der Waals surface area contributed by atoms with Gasteiger partial charge in [-0.2, -0.15) is 0 Å². The molecule has 1 unspecified atom stereocenters. The third kappa shape index (κ3) is 2.85. The molecule has 0 aliphatic heterocycles. The Hall–Kier alpha value is -0.820. The fraction of sp³-hybridized carbons (Fsp3) is 0.500. The molecule has 0 spiro atoms. The van der Waals surface area contributed by atoms with Gasteiger partial charge in [0.25, 0.3) is 0 Å². The summed E-state index contributed by atoms with van der Waals surface area (Å²) in [5.41, 5.74) is 2.68. The summed E-state index contributed by atoms with van der Waals surface area (Å²) in [7, 11) is 0. The number of allylic oxidation sites excluding steroid dienone is 2. The molecule has 0 fully saturated rings. The maximum absolute atomic E-state index is 5.78. The summed E-state index contributed by atoms with van der Waals surface area (Å²) in [4.78, 5) is 4.13. The summed E-state index contributed by atoms with van der Waals surface area (Å²) in [6.07, 6.45) is 10.7. The number of rotatable bonds is 3. The smallest absolute Gasteiger partial charge is 0.129 e. The van der Waals surface area contributed by atoms with Crippen molar-refractivity contribution in [3.63, 3.8) is 0 Å². The topological polar surface area (TPSA) is 12.9 Å². The zero-order valence-electron chi connectivity index (χ0n) is 9.75. The van der Waals surface area contributed by atoms with Gasteiger partial charge in [0, 0.05) is 6.20 Å². The Morgan fingerprint density at radius 2 is 2.31 bits per heavy atom. The van der Waals surface area contributed by atoms with Gasteiger partial charge in [0.1, 0.15) is 5.15 Å². The molecule has 0 aromatic carbocycles. The first-order valence-electron chi connectivity index (χ1n) is 6.10. The quantitative estimate of drug-likeness (QED) is 0.691. The van der Waals surface area contributed by atoms with Crippen LogP contribution in [0.2, 0.25) is 5.15 Å². The van der Waals surface area contributed by atoms with E-state index in [1.165, 1.54) is 43.2 Å². The van der Waals surface area contributed by atoms with Crippen molar-refractivity contribution in [2.45, 2.75) is 39.0 Å². The zero-order chi connectivity index (χ0) is 11.4. The number of hydrogen-bond acceptors (Lipinski definition) is 1. The van der Waals surface area contributed by atoms with E-state index in [1.807, 2.05) is 12.3 Å². The lowest BCUT2D eigenvalue weighted by Gasteiger charge is -2.21. The van der Waals surface area contributed by atoms with Crippen LogP contribution in [0.4, 0.5) is 0 Å². The minimum atomic E-state index is 0.573. The molecule has 86 valence electrons. The zero-order valence-corrected chi connectivity index (χ0v) is 10.5. The lowest BCUT2D eigenvalue weighted by atomic mass is 9.85. The maximum Gasteiger partial charge on any atom is 0.129 e. The average Bonchev–Trinajstić information content (AvgIpc) is 2.32. The number of pyridine rings is 1. The Morgan fingerprint density at radius 1 is 1.44 bits per heavy atom. The molecule has 16 heavy (non-hydrogen) atoms. The summed E-state index contributed by atoms with van der Waals surface area (Å²) in [6, 6.07) is 3.94. The fourth-order valence-corrected chi connectivity index (χ4v) is 2.50. The maximum atomic E-state index is 5.78. The summed E-state index contributed by atoms with van der Waals surface area (Å²) < 4.78 is 0. The van der Waals surface area contributed by atoms with Crippen LogP contribution in [0.5, 0.6) is 0 Å². The van der Waals surface area contributed by atoms with Crippen LogP contribution in [0.25, 0.3) is 5.57 Å². The number of hydrogen-bond donors (Lipinski definition) is 0. The fourth-order valence-electron chi connectivity index (χ4n) is 2.39. The van der Waals surface area contributed by atoms with Gasteiger partial charge < -0.3 is 0 Å². The van der Waals surface area contributed by atoms with E-state index in [0.717, 1.165) is 5.92 Å². The van der Waals surface area contributed by atoms with Crippen LogP contribution in [0, 0.1) is 5.92 Å². The van der Waals surface area contributed by atoms with Crippen LogP contribution >= 0.6 is 11.6 Å². The molecule has 2 heteroatoms. The van der Waals surface area contributed by atoms with Crippen LogP contribution in [-0.4, -0.2) is 4.98 Å². The lowest BCUT2D eigenvalue weighted by Crippen LogP contribution is -2.05. The first-order chi connectivity index (χ1) is 7.79. The molecule has 1 aromatic rings. The highest BCUT2D eigenvalue weighted by Gasteiger charge is 2.14. The van der Waals surface area contributed by atoms with Gasteiger partial charge in [-0.05, 0) is 42.4 Å². The van der Waals surface area contributed by atoms with Crippen LogP contribution in [0.1, 0.15) is 44.6 Å². The molecule has 1 heterocycles. The molecule has 2 rings (SSSR count). The molecule has 1 aliphatic rings. The molecule has 1 atom stereocenters. The molecule has 1 nitrogen and oxygen atoms in total. The van der Waals surface area contributed by atoms with Crippen molar-refractivity contribution < 1.29 is 0 Å². The van der Waals surface area contributed by atoms with Crippen molar-refractivity contribution in [2.24, 2.45) is 5.92 Å². The molecule has 0 saturated heterocycles. The SMILES string of the molecule is CCCC1CC=C(c2ccc(Cl)nc2)CC1. The van der Waals surface area contributed by atoms with E-state index in [2.05, 4.69) is 24.1 Å². The second kappa shape index (κ2) is 5.49. The minimum Gasteiger partial charge on any atom is -0.244 e. The van der Waals surface area contributed by atoms with Gasteiger partial charge in [-0.15, -0.1) is 0 Å². The third-order valence-electron chi connectivity index (χ3n) is 3.31. The molecule has 1 aliphatic carbocycles. The predicted octanol–water partition coefficient (Wildman–Crippen LogP) is 4.72. The van der Waals surface area contributed by atoms with E-state index in [-0.39, 0.29) is 0 Å². The van der Waals surface area contributed by atoms with Crippen LogP contribution < -0.4 is 0 Å². The monoisotopic (exact) mass is 235 g/mol. The van der Waals surface area contributed by atoms with E-state index in [9.17, 15) is 0 Å². The first kappa shape index (κ1) is 11.7. The van der Waals surface area contributed by atoms with Crippen molar-refractivity contribution in [3.8, 4) is 0 Å². The number of aromatic nitrogens is 1. The molecular weight excluding hydrogens is 218 g/mol. The second-order valence-electron chi connectivity index (χ2n) is 4.53. The molecule has 0 saturated carbocycles. The molecule has 0 bridgehead atoms. The molecular formula is C14H18ClN. The third-order valence-corrected chi connectivity index (χ3v) is 3.54. The first-order valence-corrected chi connectivity index (χ1v) is 6.48. The van der Waals surface area contributed by atoms with Gasteiger partial charge in [0.05, 0.1) is 0 Å². The number of halogens is 1. The van der Waals surface area contributed by atoms with Crippen molar-refractivity contribution in [1.82, 2.24) is 4.98 Å². The van der Waals surface area contributed by atoms with E-state index >= 15 is 0 Å². The summed E-state index contributed by atoms with van der Waals surface area (Å²) in [6.45, 7) is 2.27. The van der Waals surface area contributed by atoms with Crippen molar-refractivity contribution in [2.75, 3.05) is 0 Å². The summed E-state index contributed by atoms with van der Waals surface area (Å²) >= 11 is 5.78. The highest BCUT2D eigenvalue weighted by molar-refractivity contribution is 6.29. The molecule has 1 aromatic heterocycles. The van der Waals surface area contributed by atoms with Gasteiger partial charge in [-0.1, -0.05) is 43.5 Å². The van der Waals surface area contributed by atoms with Crippen LogP contribution in [0.15, 0.2) is 24.4 Å². The van der Waals surface area contributed by atoms with Gasteiger partial charge in [0.15, 0.2) is 0 Å². The van der Waals surface area contributed by atoms with Crippen LogP contribution in [-0.2, 0) is 0 Å². The van der Waals surface area contributed by atoms with E-state index in [4.69, 9.17) is 11.6 Å². The second-order valence-corrected chi connectivity index (χ2v) is 4.92. The lowest BCUT2D eigenvalue weighted by molar-refractivity contribution is 0.445. The largest absolute Gasteiger partial charge is 0.244 e. The summed E-state index contributed by atoms with van der Waals surface area (Å²) in [5, 5.41) is 0.573. The molecule has 0 amide bonds. The Bertz CT molecular complexity index is 367. The summed E-state index contributed by atoms with van der Waals surface area (Å²) in [5.74, 6) is 0.897. The van der Waals surface area contributed by atoms with E-state index in [1.54, 1.807) is 0 Å². The van der Waals surface area contributed by atoms with Crippen molar-refractivity contribution in [3.05, 3.63) is 35.1 Å². The molecule has 0 radical (unpaired) electrons. The Morgan fingerprint density at radius 3 is 2.88 bits per heavy atom. The predicted molar refractivity (Wildman–Crippen MR) is 69.5 cm³/mol. The van der Waals surface area contributed by atoms with E-state index < -0.39 is 0 Å². The van der Waals surface area contributed by atoms with Crippen molar-refractivity contribution >= 4 is 17.2 Å². The number of nitrogens with zero attached hydrogens (tertiary/aromatic N) is 1. The highest BCUT2D eigenvalue weighted by Crippen LogP contribution is 2.32.